The predicted octanol–water partition coefficient (Wildman–Crippen LogP) is 1.39. The number of piperazine rings is 1. The molecule has 1 N–H and O–H groups in total. The van der Waals surface area contributed by atoms with E-state index in [1.54, 1.807) is 7.11 Å². The molecular formula is C16H26N2O3. The summed E-state index contributed by atoms with van der Waals surface area (Å²) >= 11 is 0. The molecule has 5 heteroatoms. The number of nitrogens with one attached hydrogen (secondary N) is 1. The Hall–Kier alpha value is -1.30. The summed E-state index contributed by atoms with van der Waals surface area (Å²) in [6.45, 7) is 7.71. The summed E-state index contributed by atoms with van der Waals surface area (Å²) in [6.07, 6.45) is 0.910. The molecule has 0 aliphatic carbocycles. The van der Waals surface area contributed by atoms with E-state index in [0.29, 0.717) is 6.61 Å². The van der Waals surface area contributed by atoms with Crippen LogP contribution in [0.4, 0.5) is 0 Å². The van der Waals surface area contributed by atoms with E-state index in [1.807, 2.05) is 24.3 Å². The number of ether oxygens (including phenoxy) is 3. The number of nitrogens with zero attached hydrogens (tertiary/aromatic N) is 1. The quantitative estimate of drug-likeness (QED) is 0.697. The van der Waals surface area contributed by atoms with Crippen molar-refractivity contribution >= 4 is 0 Å². The van der Waals surface area contributed by atoms with Gasteiger partial charge in [0.2, 0.25) is 0 Å². The van der Waals surface area contributed by atoms with Gasteiger partial charge in [-0.25, -0.2) is 0 Å². The molecule has 0 bridgehead atoms. The second-order valence-electron chi connectivity index (χ2n) is 5.08. The van der Waals surface area contributed by atoms with Crippen LogP contribution < -0.4 is 14.8 Å². The molecule has 0 atom stereocenters. The first kappa shape index (κ1) is 16.1. The molecule has 0 saturated carbocycles. The van der Waals surface area contributed by atoms with E-state index in [-0.39, 0.29) is 0 Å². The molecule has 21 heavy (non-hydrogen) atoms. The molecule has 1 aromatic rings. The standard InChI is InChI=1S/C16H26N2O3/c1-19-15-3-5-16(6-4-15)21-13-2-12-20-14-11-18-9-7-17-8-10-18/h3-6,17H,2,7-14H2,1H3. The molecule has 1 heterocycles. The van der Waals surface area contributed by atoms with Crippen LogP contribution in [-0.4, -0.2) is 64.6 Å². The number of hydrogen-bond acceptors (Lipinski definition) is 5. The topological polar surface area (TPSA) is 43.0 Å². The van der Waals surface area contributed by atoms with Gasteiger partial charge >= 0.3 is 0 Å². The third-order valence-electron chi connectivity index (χ3n) is 3.52. The van der Waals surface area contributed by atoms with Crippen molar-refractivity contribution in [2.45, 2.75) is 6.42 Å². The molecule has 0 radical (unpaired) electrons. The Bertz CT molecular complexity index is 378. The molecule has 2 rings (SSSR count). The SMILES string of the molecule is COc1ccc(OCCCOCCN2CCNCC2)cc1. The van der Waals surface area contributed by atoms with Gasteiger partial charge in [-0.1, -0.05) is 0 Å². The summed E-state index contributed by atoms with van der Waals surface area (Å²) in [5.41, 5.74) is 0. The Labute approximate surface area is 127 Å². The fraction of sp³-hybridized carbons (Fsp3) is 0.625. The molecule has 1 aromatic carbocycles. The van der Waals surface area contributed by atoms with Crippen LogP contribution in [0.2, 0.25) is 0 Å². The fourth-order valence-electron chi connectivity index (χ4n) is 2.25. The van der Waals surface area contributed by atoms with Crippen LogP contribution in [0.15, 0.2) is 24.3 Å². The Balaban J connectivity index is 1.46. The highest BCUT2D eigenvalue weighted by Crippen LogP contribution is 2.16. The summed E-state index contributed by atoms with van der Waals surface area (Å²) in [5, 5.41) is 3.35. The molecule has 118 valence electrons. The van der Waals surface area contributed by atoms with Gasteiger partial charge in [0.15, 0.2) is 0 Å². The first-order chi connectivity index (χ1) is 10.4. The van der Waals surface area contributed by atoms with Crippen molar-refractivity contribution in [1.82, 2.24) is 10.2 Å². The number of benzene rings is 1. The van der Waals surface area contributed by atoms with Crippen LogP contribution in [0, 0.1) is 0 Å². The van der Waals surface area contributed by atoms with Crippen LogP contribution >= 0.6 is 0 Å². The average molecular weight is 294 g/mol. The molecule has 1 aliphatic rings. The maximum absolute atomic E-state index is 5.65. The summed E-state index contributed by atoms with van der Waals surface area (Å²) < 4.78 is 16.4. The smallest absolute Gasteiger partial charge is 0.119 e. The largest absolute Gasteiger partial charge is 0.497 e. The van der Waals surface area contributed by atoms with Gasteiger partial charge in [-0.2, -0.15) is 0 Å². The van der Waals surface area contributed by atoms with E-state index in [2.05, 4.69) is 10.2 Å². The number of rotatable bonds is 9. The maximum atomic E-state index is 5.65. The Morgan fingerprint density at radius 3 is 2.43 bits per heavy atom. The van der Waals surface area contributed by atoms with Crippen molar-refractivity contribution in [3.8, 4) is 11.5 Å². The molecule has 0 unspecified atom stereocenters. The van der Waals surface area contributed by atoms with Crippen molar-refractivity contribution in [2.75, 3.05) is 59.7 Å². The third kappa shape index (κ3) is 6.33. The lowest BCUT2D eigenvalue weighted by atomic mass is 10.3. The first-order valence-corrected chi connectivity index (χ1v) is 7.66. The van der Waals surface area contributed by atoms with Crippen LogP contribution in [0.5, 0.6) is 11.5 Å². The fourth-order valence-corrected chi connectivity index (χ4v) is 2.25. The zero-order valence-corrected chi connectivity index (χ0v) is 12.8. The lowest BCUT2D eigenvalue weighted by Crippen LogP contribution is -2.44. The Morgan fingerprint density at radius 2 is 1.71 bits per heavy atom. The highest BCUT2D eigenvalue weighted by atomic mass is 16.5. The number of methoxy groups -OCH3 is 1. The van der Waals surface area contributed by atoms with Gasteiger partial charge in [0.1, 0.15) is 11.5 Å². The second-order valence-corrected chi connectivity index (χ2v) is 5.08. The lowest BCUT2D eigenvalue weighted by molar-refractivity contribution is 0.0901. The number of hydrogen-bond donors (Lipinski definition) is 1. The third-order valence-corrected chi connectivity index (χ3v) is 3.52. The van der Waals surface area contributed by atoms with Crippen LogP contribution in [-0.2, 0) is 4.74 Å². The van der Waals surface area contributed by atoms with Crippen molar-refractivity contribution < 1.29 is 14.2 Å². The van der Waals surface area contributed by atoms with Crippen LogP contribution in [0.3, 0.4) is 0 Å². The molecule has 0 amide bonds. The predicted molar refractivity (Wildman–Crippen MR) is 83.2 cm³/mol. The highest BCUT2D eigenvalue weighted by Gasteiger charge is 2.08. The maximum Gasteiger partial charge on any atom is 0.119 e. The summed E-state index contributed by atoms with van der Waals surface area (Å²) in [5.74, 6) is 1.72. The molecule has 1 fully saturated rings. The Kier molecular flexibility index (Phi) is 7.35. The minimum Gasteiger partial charge on any atom is -0.497 e. The minimum absolute atomic E-state index is 0.681. The van der Waals surface area contributed by atoms with Gasteiger partial charge in [0, 0.05) is 45.8 Å². The van der Waals surface area contributed by atoms with E-state index < -0.39 is 0 Å². The van der Waals surface area contributed by atoms with Crippen LogP contribution in [0.1, 0.15) is 6.42 Å². The summed E-state index contributed by atoms with van der Waals surface area (Å²) in [6, 6.07) is 7.65. The van der Waals surface area contributed by atoms with Gasteiger partial charge in [0.05, 0.1) is 20.3 Å². The molecule has 0 spiro atoms. The summed E-state index contributed by atoms with van der Waals surface area (Å²) in [4.78, 5) is 2.43. The Morgan fingerprint density at radius 1 is 1.00 bits per heavy atom. The zero-order valence-electron chi connectivity index (χ0n) is 12.8. The van der Waals surface area contributed by atoms with Gasteiger partial charge < -0.3 is 19.5 Å². The molecular weight excluding hydrogens is 268 g/mol. The molecule has 0 aromatic heterocycles. The van der Waals surface area contributed by atoms with Gasteiger partial charge in [0.25, 0.3) is 0 Å². The van der Waals surface area contributed by atoms with Crippen molar-refractivity contribution in [3.05, 3.63) is 24.3 Å². The first-order valence-electron chi connectivity index (χ1n) is 7.66. The second kappa shape index (κ2) is 9.60. The minimum atomic E-state index is 0.681. The highest BCUT2D eigenvalue weighted by molar-refractivity contribution is 5.31. The van der Waals surface area contributed by atoms with Crippen molar-refractivity contribution in [1.29, 1.82) is 0 Å². The van der Waals surface area contributed by atoms with Crippen LogP contribution in [0.25, 0.3) is 0 Å². The molecule has 1 saturated heterocycles. The average Bonchev–Trinajstić information content (AvgIpc) is 2.55. The zero-order chi connectivity index (χ0) is 14.8. The van der Waals surface area contributed by atoms with E-state index in [1.165, 1.54) is 0 Å². The van der Waals surface area contributed by atoms with Gasteiger partial charge in [-0.3, -0.25) is 4.90 Å². The summed E-state index contributed by atoms with van der Waals surface area (Å²) in [7, 11) is 1.66. The van der Waals surface area contributed by atoms with Crippen molar-refractivity contribution in [2.24, 2.45) is 0 Å². The van der Waals surface area contributed by atoms with Gasteiger partial charge in [-0.05, 0) is 24.3 Å². The normalized spacial score (nSPS) is 15.9. The van der Waals surface area contributed by atoms with Crippen molar-refractivity contribution in [3.63, 3.8) is 0 Å². The van der Waals surface area contributed by atoms with Gasteiger partial charge in [-0.15, -0.1) is 0 Å². The van der Waals surface area contributed by atoms with E-state index >= 15 is 0 Å². The van der Waals surface area contributed by atoms with E-state index in [4.69, 9.17) is 14.2 Å². The monoisotopic (exact) mass is 294 g/mol. The van der Waals surface area contributed by atoms with E-state index in [9.17, 15) is 0 Å². The lowest BCUT2D eigenvalue weighted by Gasteiger charge is -2.26. The molecule has 5 nitrogen and oxygen atoms in total. The van der Waals surface area contributed by atoms with E-state index in [0.717, 1.165) is 63.9 Å². The molecule has 1 aliphatic heterocycles.